The van der Waals surface area contributed by atoms with Crippen LogP contribution < -0.4 is 10.6 Å². The Morgan fingerprint density at radius 2 is 1.85 bits per heavy atom. The van der Waals surface area contributed by atoms with E-state index in [1.54, 1.807) is 0 Å². The zero-order valence-corrected chi connectivity index (χ0v) is 16.7. The SMILES string of the molecule is CC(=O)NC[C@H]1CC[C@@H](CC(=O)NCc2nc(C)c3c(n2)CCCC3)N1C. The van der Waals surface area contributed by atoms with E-state index in [4.69, 9.17) is 0 Å². The van der Waals surface area contributed by atoms with Gasteiger partial charge in [-0.15, -0.1) is 0 Å². The van der Waals surface area contributed by atoms with Gasteiger partial charge in [0.05, 0.1) is 6.54 Å². The summed E-state index contributed by atoms with van der Waals surface area (Å²) in [6.07, 6.45) is 6.93. The molecule has 2 heterocycles. The van der Waals surface area contributed by atoms with Gasteiger partial charge in [0.15, 0.2) is 0 Å². The summed E-state index contributed by atoms with van der Waals surface area (Å²) in [7, 11) is 2.04. The molecule has 2 atom stereocenters. The normalized spacial score (nSPS) is 22.3. The molecule has 0 saturated carbocycles. The monoisotopic (exact) mass is 373 g/mol. The van der Waals surface area contributed by atoms with Crippen LogP contribution in [0.5, 0.6) is 0 Å². The summed E-state index contributed by atoms with van der Waals surface area (Å²) >= 11 is 0. The van der Waals surface area contributed by atoms with E-state index in [2.05, 4.69) is 25.5 Å². The number of aromatic nitrogens is 2. The van der Waals surface area contributed by atoms with Crippen molar-refractivity contribution in [3.8, 4) is 0 Å². The summed E-state index contributed by atoms with van der Waals surface area (Å²) in [5.74, 6) is 0.737. The molecule has 1 aliphatic carbocycles. The average molecular weight is 374 g/mol. The number of carbonyl (C=O) groups is 2. The van der Waals surface area contributed by atoms with E-state index in [9.17, 15) is 9.59 Å². The molecule has 148 valence electrons. The Labute approximate surface area is 161 Å². The number of hydrogen-bond acceptors (Lipinski definition) is 5. The van der Waals surface area contributed by atoms with E-state index in [-0.39, 0.29) is 17.9 Å². The highest BCUT2D eigenvalue weighted by Crippen LogP contribution is 2.24. The largest absolute Gasteiger partial charge is 0.355 e. The van der Waals surface area contributed by atoms with Gasteiger partial charge < -0.3 is 10.6 Å². The van der Waals surface area contributed by atoms with Crippen LogP contribution in [-0.2, 0) is 29.0 Å². The molecule has 7 heteroatoms. The van der Waals surface area contributed by atoms with Crippen LogP contribution in [0.4, 0.5) is 0 Å². The van der Waals surface area contributed by atoms with Crippen molar-refractivity contribution in [2.75, 3.05) is 13.6 Å². The lowest BCUT2D eigenvalue weighted by molar-refractivity contribution is -0.122. The first-order valence-electron chi connectivity index (χ1n) is 10.0. The van der Waals surface area contributed by atoms with E-state index in [0.717, 1.165) is 37.1 Å². The number of nitrogens with zero attached hydrogens (tertiary/aromatic N) is 3. The molecule has 1 aromatic rings. The average Bonchev–Trinajstić information content (AvgIpc) is 2.98. The smallest absolute Gasteiger partial charge is 0.221 e. The minimum Gasteiger partial charge on any atom is -0.355 e. The molecule has 2 amide bonds. The van der Waals surface area contributed by atoms with Gasteiger partial charge in [-0.2, -0.15) is 0 Å². The number of rotatable bonds is 6. The molecule has 0 bridgehead atoms. The van der Waals surface area contributed by atoms with Crippen LogP contribution in [0, 0.1) is 6.92 Å². The number of fused-ring (bicyclic) bond motifs is 1. The minimum atomic E-state index is -0.00932. The molecule has 0 aromatic carbocycles. The first-order chi connectivity index (χ1) is 12.9. The Bertz CT molecular complexity index is 706. The van der Waals surface area contributed by atoms with Crippen LogP contribution in [0.3, 0.4) is 0 Å². The fraction of sp³-hybridized carbons (Fsp3) is 0.700. The van der Waals surface area contributed by atoms with Crippen molar-refractivity contribution >= 4 is 11.8 Å². The molecule has 2 aliphatic rings. The Hall–Kier alpha value is -2.02. The van der Waals surface area contributed by atoms with Crippen LogP contribution in [0.25, 0.3) is 0 Å². The second-order valence-corrected chi connectivity index (χ2v) is 7.83. The molecule has 0 spiro atoms. The number of nitrogens with one attached hydrogen (secondary N) is 2. The molecule has 1 saturated heterocycles. The number of hydrogen-bond donors (Lipinski definition) is 2. The van der Waals surface area contributed by atoms with Gasteiger partial charge in [-0.25, -0.2) is 9.97 Å². The number of likely N-dealkylation sites (N-methyl/N-ethyl adjacent to an activating group) is 1. The summed E-state index contributed by atoms with van der Waals surface area (Å²) < 4.78 is 0. The van der Waals surface area contributed by atoms with Gasteiger partial charge in [0, 0.05) is 43.4 Å². The highest BCUT2D eigenvalue weighted by atomic mass is 16.2. The molecule has 7 nitrogen and oxygen atoms in total. The molecule has 1 fully saturated rings. The quantitative estimate of drug-likeness (QED) is 0.784. The highest BCUT2D eigenvalue weighted by molar-refractivity contribution is 5.76. The molecule has 1 aliphatic heterocycles. The topological polar surface area (TPSA) is 87.2 Å². The number of carbonyl (C=O) groups excluding carboxylic acids is 2. The van der Waals surface area contributed by atoms with Gasteiger partial charge in [-0.05, 0) is 58.1 Å². The van der Waals surface area contributed by atoms with Gasteiger partial charge in [0.1, 0.15) is 5.82 Å². The zero-order valence-electron chi connectivity index (χ0n) is 16.7. The molecule has 1 aromatic heterocycles. The molecular weight excluding hydrogens is 342 g/mol. The van der Waals surface area contributed by atoms with E-state index in [1.807, 2.05) is 14.0 Å². The maximum Gasteiger partial charge on any atom is 0.221 e. The van der Waals surface area contributed by atoms with Crippen molar-refractivity contribution in [2.24, 2.45) is 0 Å². The Morgan fingerprint density at radius 1 is 1.11 bits per heavy atom. The predicted octanol–water partition coefficient (Wildman–Crippen LogP) is 1.27. The third-order valence-corrected chi connectivity index (χ3v) is 5.87. The standard InChI is InChI=1S/C20H31N5O2/c1-13-17-6-4-5-7-18(17)24-19(23-13)12-22-20(27)10-15-8-9-16(25(15)3)11-21-14(2)26/h15-16H,4-12H2,1-3H3,(H,21,26)(H,22,27)/t15-,16+/m0/s1. The van der Waals surface area contributed by atoms with Gasteiger partial charge in [0.2, 0.25) is 11.8 Å². The maximum atomic E-state index is 12.4. The lowest BCUT2D eigenvalue weighted by Crippen LogP contribution is -2.42. The summed E-state index contributed by atoms with van der Waals surface area (Å²) in [5, 5.41) is 5.86. The molecule has 27 heavy (non-hydrogen) atoms. The fourth-order valence-electron chi connectivity index (χ4n) is 4.23. The van der Waals surface area contributed by atoms with Crippen molar-refractivity contribution < 1.29 is 9.59 Å². The third kappa shape index (κ3) is 5.03. The second kappa shape index (κ2) is 8.78. The van der Waals surface area contributed by atoms with E-state index in [1.165, 1.54) is 25.3 Å². The highest BCUT2D eigenvalue weighted by Gasteiger charge is 2.31. The van der Waals surface area contributed by atoms with Gasteiger partial charge >= 0.3 is 0 Å². The minimum absolute atomic E-state index is 0.00932. The van der Waals surface area contributed by atoms with E-state index < -0.39 is 0 Å². The maximum absolute atomic E-state index is 12.4. The molecule has 2 N–H and O–H groups in total. The van der Waals surface area contributed by atoms with Gasteiger partial charge in [-0.3, -0.25) is 14.5 Å². The summed E-state index contributed by atoms with van der Waals surface area (Å²) in [4.78, 5) is 35.0. The first kappa shape index (κ1) is 19.7. The summed E-state index contributed by atoms with van der Waals surface area (Å²) in [5.41, 5.74) is 3.52. The molecule has 3 rings (SSSR count). The predicted molar refractivity (Wildman–Crippen MR) is 103 cm³/mol. The lowest BCUT2D eigenvalue weighted by atomic mass is 9.95. The molecule has 0 unspecified atom stereocenters. The Morgan fingerprint density at radius 3 is 2.63 bits per heavy atom. The van der Waals surface area contributed by atoms with Crippen molar-refractivity contribution in [3.05, 3.63) is 22.8 Å². The second-order valence-electron chi connectivity index (χ2n) is 7.83. The van der Waals surface area contributed by atoms with Crippen LogP contribution in [0.15, 0.2) is 0 Å². The Kier molecular flexibility index (Phi) is 6.42. The van der Waals surface area contributed by atoms with Gasteiger partial charge in [-0.1, -0.05) is 0 Å². The Balaban J connectivity index is 1.49. The van der Waals surface area contributed by atoms with E-state index in [0.29, 0.717) is 31.4 Å². The number of amides is 2. The molecular formula is C20H31N5O2. The summed E-state index contributed by atoms with van der Waals surface area (Å²) in [6, 6.07) is 0.522. The third-order valence-electron chi connectivity index (χ3n) is 5.87. The van der Waals surface area contributed by atoms with Gasteiger partial charge in [0.25, 0.3) is 0 Å². The first-order valence-corrected chi connectivity index (χ1v) is 10.0. The lowest BCUT2D eigenvalue weighted by Gasteiger charge is -2.25. The number of likely N-dealkylation sites (tertiary alicyclic amines) is 1. The fourth-order valence-corrected chi connectivity index (χ4v) is 4.23. The van der Waals surface area contributed by atoms with Crippen LogP contribution in [0.2, 0.25) is 0 Å². The van der Waals surface area contributed by atoms with Crippen LogP contribution >= 0.6 is 0 Å². The van der Waals surface area contributed by atoms with Crippen molar-refractivity contribution in [2.45, 2.75) is 77.4 Å². The van der Waals surface area contributed by atoms with Crippen LogP contribution in [0.1, 0.15) is 61.8 Å². The molecule has 0 radical (unpaired) electrons. The zero-order chi connectivity index (χ0) is 19.4. The van der Waals surface area contributed by atoms with Crippen molar-refractivity contribution in [1.29, 1.82) is 0 Å². The van der Waals surface area contributed by atoms with Crippen LogP contribution in [-0.4, -0.2) is 52.4 Å². The number of aryl methyl sites for hydroxylation is 2. The van der Waals surface area contributed by atoms with Crippen molar-refractivity contribution in [3.63, 3.8) is 0 Å². The van der Waals surface area contributed by atoms with E-state index >= 15 is 0 Å². The van der Waals surface area contributed by atoms with Crippen molar-refractivity contribution in [1.82, 2.24) is 25.5 Å². The summed E-state index contributed by atoms with van der Waals surface area (Å²) in [6.45, 7) is 4.61.